The van der Waals surface area contributed by atoms with E-state index in [-0.39, 0.29) is 12.4 Å². The van der Waals surface area contributed by atoms with Crippen LogP contribution in [0.5, 0.6) is 11.5 Å². The lowest BCUT2D eigenvalue weighted by Gasteiger charge is -2.24. The van der Waals surface area contributed by atoms with Gasteiger partial charge in [0.15, 0.2) is 11.5 Å². The number of methoxy groups -OCH3 is 1. The van der Waals surface area contributed by atoms with E-state index in [0.29, 0.717) is 46.9 Å². The van der Waals surface area contributed by atoms with Gasteiger partial charge in [-0.2, -0.15) is 0 Å². The summed E-state index contributed by atoms with van der Waals surface area (Å²) in [5, 5.41) is 10.0. The zero-order valence-electron chi connectivity index (χ0n) is 20.1. The first-order valence-electron chi connectivity index (χ1n) is 11.6. The number of carboxylic acid groups (broad SMARTS) is 1. The Morgan fingerprint density at radius 2 is 1.89 bits per heavy atom. The number of rotatable bonds is 9. The van der Waals surface area contributed by atoms with E-state index in [1.54, 1.807) is 42.5 Å². The van der Waals surface area contributed by atoms with Crippen molar-refractivity contribution < 1.29 is 28.6 Å². The van der Waals surface area contributed by atoms with Crippen molar-refractivity contribution in [2.75, 3.05) is 20.2 Å². The average Bonchev–Trinajstić information content (AvgIpc) is 3.18. The molecule has 0 aromatic heterocycles. The lowest BCUT2D eigenvalue weighted by molar-refractivity contribution is -0.137. The number of aliphatic carboxylic acids is 1. The molecule has 1 aliphatic heterocycles. The molecule has 188 valence electrons. The van der Waals surface area contributed by atoms with Crippen molar-refractivity contribution in [1.82, 2.24) is 4.90 Å². The molecule has 4 rings (SSSR count). The van der Waals surface area contributed by atoms with Crippen LogP contribution in [0.25, 0.3) is 0 Å². The summed E-state index contributed by atoms with van der Waals surface area (Å²) >= 11 is 5.94. The Morgan fingerprint density at radius 3 is 2.56 bits per heavy atom. The van der Waals surface area contributed by atoms with E-state index in [1.807, 2.05) is 19.1 Å². The second kappa shape index (κ2) is 10.6. The van der Waals surface area contributed by atoms with Crippen LogP contribution in [0.1, 0.15) is 34.0 Å². The minimum Gasteiger partial charge on any atom is -0.493 e. The standard InChI is InChI=1S/C28H27ClFNO5/c1-28(15-19-5-3-4-6-23(19)30)16-21-13-20(14-24(35-2)26(21)36-28)27(34)31(17-25(32)33)12-11-18-7-9-22(29)10-8-18/h3-10,13-14H,11-12,15-17H2,1-2H3,(H,32,33)/t28-/m1/s1. The maximum absolute atomic E-state index is 14.3. The van der Waals surface area contributed by atoms with Gasteiger partial charge in [-0.25, -0.2) is 4.39 Å². The molecule has 8 heteroatoms. The molecule has 0 fully saturated rings. The van der Waals surface area contributed by atoms with Crippen molar-refractivity contribution in [3.8, 4) is 11.5 Å². The van der Waals surface area contributed by atoms with E-state index in [1.165, 1.54) is 18.1 Å². The highest BCUT2D eigenvalue weighted by Gasteiger charge is 2.38. The quantitative estimate of drug-likeness (QED) is 0.427. The van der Waals surface area contributed by atoms with Crippen LogP contribution < -0.4 is 9.47 Å². The van der Waals surface area contributed by atoms with Crippen molar-refractivity contribution in [3.63, 3.8) is 0 Å². The smallest absolute Gasteiger partial charge is 0.323 e. The van der Waals surface area contributed by atoms with Crippen LogP contribution in [0.4, 0.5) is 4.39 Å². The number of carbonyl (C=O) groups excluding carboxylic acids is 1. The van der Waals surface area contributed by atoms with Crippen LogP contribution in [-0.2, 0) is 24.1 Å². The lowest BCUT2D eigenvalue weighted by atomic mass is 9.91. The number of fused-ring (bicyclic) bond motifs is 1. The molecule has 1 aliphatic rings. The fourth-order valence-electron chi connectivity index (χ4n) is 4.52. The fraction of sp³-hybridized carbons (Fsp3) is 0.286. The van der Waals surface area contributed by atoms with E-state index < -0.39 is 24.0 Å². The number of halogens is 2. The molecule has 1 heterocycles. The van der Waals surface area contributed by atoms with Crippen LogP contribution in [0, 0.1) is 5.82 Å². The van der Waals surface area contributed by atoms with Gasteiger partial charge >= 0.3 is 5.97 Å². The Hall–Kier alpha value is -3.58. The predicted octanol–water partition coefficient (Wildman–Crippen LogP) is 5.19. The molecular formula is C28H27ClFNO5. The minimum atomic E-state index is -1.10. The Balaban J connectivity index is 1.57. The van der Waals surface area contributed by atoms with Gasteiger partial charge in [-0.05, 0) is 54.8 Å². The van der Waals surface area contributed by atoms with Gasteiger partial charge < -0.3 is 19.5 Å². The van der Waals surface area contributed by atoms with Crippen LogP contribution >= 0.6 is 11.6 Å². The van der Waals surface area contributed by atoms with Gasteiger partial charge in [0.25, 0.3) is 5.91 Å². The molecule has 36 heavy (non-hydrogen) atoms. The van der Waals surface area contributed by atoms with Gasteiger partial charge in [0.05, 0.1) is 7.11 Å². The Labute approximate surface area is 214 Å². The molecule has 1 atom stereocenters. The van der Waals surface area contributed by atoms with Crippen molar-refractivity contribution in [1.29, 1.82) is 0 Å². The van der Waals surface area contributed by atoms with Crippen LogP contribution in [0.3, 0.4) is 0 Å². The first-order chi connectivity index (χ1) is 17.2. The van der Waals surface area contributed by atoms with Crippen LogP contribution in [0.15, 0.2) is 60.7 Å². The van der Waals surface area contributed by atoms with Crippen LogP contribution in [0.2, 0.25) is 5.02 Å². The number of amides is 1. The molecule has 1 amide bonds. The summed E-state index contributed by atoms with van der Waals surface area (Å²) in [7, 11) is 1.48. The highest BCUT2D eigenvalue weighted by Crippen LogP contribution is 2.44. The molecule has 0 saturated heterocycles. The monoisotopic (exact) mass is 511 g/mol. The van der Waals surface area contributed by atoms with Crippen molar-refractivity contribution in [3.05, 3.63) is 93.8 Å². The molecule has 6 nitrogen and oxygen atoms in total. The molecular weight excluding hydrogens is 485 g/mol. The summed E-state index contributed by atoms with van der Waals surface area (Å²) in [6, 6.07) is 17.0. The van der Waals surface area contributed by atoms with E-state index in [2.05, 4.69) is 0 Å². The van der Waals surface area contributed by atoms with Gasteiger partial charge in [-0.3, -0.25) is 9.59 Å². The summed E-state index contributed by atoms with van der Waals surface area (Å²) in [5.74, 6) is -0.936. The maximum Gasteiger partial charge on any atom is 0.323 e. The Morgan fingerprint density at radius 1 is 1.17 bits per heavy atom. The molecule has 3 aromatic carbocycles. The molecule has 0 aliphatic carbocycles. The van der Waals surface area contributed by atoms with Gasteiger partial charge in [0.2, 0.25) is 0 Å². The molecule has 0 unspecified atom stereocenters. The Kier molecular flexibility index (Phi) is 7.50. The first kappa shape index (κ1) is 25.5. The summed E-state index contributed by atoms with van der Waals surface area (Å²) < 4.78 is 26.0. The third-order valence-electron chi connectivity index (χ3n) is 6.23. The number of benzene rings is 3. The molecule has 3 aromatic rings. The SMILES string of the molecule is COc1cc(C(=O)N(CCc2ccc(Cl)cc2)CC(=O)O)cc2c1O[C@](C)(Cc1ccccc1F)C2. The summed E-state index contributed by atoms with van der Waals surface area (Å²) in [6.07, 6.45) is 1.26. The maximum atomic E-state index is 14.3. The van der Waals surface area contributed by atoms with E-state index in [0.717, 1.165) is 11.1 Å². The number of nitrogens with zero attached hydrogens (tertiary/aromatic N) is 1. The third-order valence-corrected chi connectivity index (χ3v) is 6.48. The van der Waals surface area contributed by atoms with Gasteiger partial charge in [-0.15, -0.1) is 0 Å². The third kappa shape index (κ3) is 5.79. The fourth-order valence-corrected chi connectivity index (χ4v) is 4.65. The molecule has 0 radical (unpaired) electrons. The zero-order valence-corrected chi connectivity index (χ0v) is 20.8. The molecule has 0 bridgehead atoms. The molecule has 1 N–H and O–H groups in total. The predicted molar refractivity (Wildman–Crippen MR) is 135 cm³/mol. The highest BCUT2D eigenvalue weighted by molar-refractivity contribution is 6.30. The van der Waals surface area contributed by atoms with E-state index in [4.69, 9.17) is 21.1 Å². The molecule has 0 spiro atoms. The second-order valence-electron chi connectivity index (χ2n) is 9.16. The summed E-state index contributed by atoms with van der Waals surface area (Å²) in [4.78, 5) is 26.2. The van der Waals surface area contributed by atoms with Crippen molar-refractivity contribution in [2.45, 2.75) is 31.8 Å². The largest absolute Gasteiger partial charge is 0.493 e. The van der Waals surface area contributed by atoms with Crippen molar-refractivity contribution >= 4 is 23.5 Å². The number of ether oxygens (including phenoxy) is 2. The van der Waals surface area contributed by atoms with E-state index in [9.17, 15) is 19.1 Å². The topological polar surface area (TPSA) is 76.1 Å². The zero-order chi connectivity index (χ0) is 25.9. The molecule has 0 saturated carbocycles. The second-order valence-corrected chi connectivity index (χ2v) is 9.60. The number of carboxylic acids is 1. The van der Waals surface area contributed by atoms with Gasteiger partial charge in [0.1, 0.15) is 18.0 Å². The van der Waals surface area contributed by atoms with Gasteiger partial charge in [-0.1, -0.05) is 41.9 Å². The lowest BCUT2D eigenvalue weighted by Crippen LogP contribution is -2.37. The van der Waals surface area contributed by atoms with Crippen molar-refractivity contribution in [2.24, 2.45) is 0 Å². The minimum absolute atomic E-state index is 0.216. The average molecular weight is 512 g/mol. The first-order valence-corrected chi connectivity index (χ1v) is 11.9. The summed E-state index contributed by atoms with van der Waals surface area (Å²) in [5.41, 5.74) is 1.81. The normalized spacial score (nSPS) is 16.2. The van der Waals surface area contributed by atoms with E-state index >= 15 is 0 Å². The number of carbonyl (C=O) groups is 2. The Bertz CT molecular complexity index is 1280. The van der Waals surface area contributed by atoms with Crippen LogP contribution in [-0.4, -0.2) is 47.7 Å². The van der Waals surface area contributed by atoms with Gasteiger partial charge in [0, 0.05) is 35.5 Å². The number of hydrogen-bond donors (Lipinski definition) is 1. The highest BCUT2D eigenvalue weighted by atomic mass is 35.5. The summed E-state index contributed by atoms with van der Waals surface area (Å²) in [6.45, 7) is 1.67. The number of hydrogen-bond acceptors (Lipinski definition) is 4.